The van der Waals surface area contributed by atoms with Gasteiger partial charge in [-0.2, -0.15) is 0 Å². The van der Waals surface area contributed by atoms with E-state index in [-0.39, 0.29) is 16.5 Å². The SMILES string of the molecule is Cc1cc([C@H](C)N[S@+]([O-])C(C)(C)C)cc([N+](=O)[O-])c1. The van der Waals surface area contributed by atoms with E-state index in [9.17, 15) is 14.7 Å². The van der Waals surface area contributed by atoms with Crippen LogP contribution in [0.2, 0.25) is 0 Å². The molecule has 0 saturated carbocycles. The fourth-order valence-corrected chi connectivity index (χ4v) is 2.36. The molecule has 0 aromatic heterocycles. The molecule has 0 aliphatic rings. The van der Waals surface area contributed by atoms with Crippen LogP contribution in [0.4, 0.5) is 5.69 Å². The predicted molar refractivity (Wildman–Crippen MR) is 77.3 cm³/mol. The molecule has 6 heteroatoms. The van der Waals surface area contributed by atoms with E-state index in [1.807, 2.05) is 40.7 Å². The highest BCUT2D eigenvalue weighted by atomic mass is 32.2. The van der Waals surface area contributed by atoms with Gasteiger partial charge in [-0.1, -0.05) is 6.07 Å². The molecule has 1 aromatic carbocycles. The molecule has 106 valence electrons. The number of aryl methyl sites for hydroxylation is 1. The molecule has 0 unspecified atom stereocenters. The second-order valence-corrected chi connectivity index (χ2v) is 7.58. The number of rotatable bonds is 4. The number of hydrogen-bond acceptors (Lipinski definition) is 4. The van der Waals surface area contributed by atoms with Gasteiger partial charge in [-0.25, -0.2) is 0 Å². The first-order valence-electron chi connectivity index (χ1n) is 6.05. The summed E-state index contributed by atoms with van der Waals surface area (Å²) in [7, 11) is 0. The maximum absolute atomic E-state index is 12.0. The standard InChI is InChI=1S/C13H20N2O3S/c1-9-6-11(8-12(7-9)15(16)17)10(2)14-19(18)13(3,4)5/h6-8,10,14H,1-5H3/t10-,19+/m0/s1. The lowest BCUT2D eigenvalue weighted by atomic mass is 10.1. The van der Waals surface area contributed by atoms with E-state index in [1.54, 1.807) is 0 Å². The first kappa shape index (κ1) is 15.9. The average Bonchev–Trinajstić information content (AvgIpc) is 2.26. The van der Waals surface area contributed by atoms with Crippen LogP contribution in [0, 0.1) is 17.0 Å². The van der Waals surface area contributed by atoms with Crippen LogP contribution in [-0.2, 0) is 11.4 Å². The van der Waals surface area contributed by atoms with E-state index in [0.717, 1.165) is 11.1 Å². The van der Waals surface area contributed by atoms with Crippen molar-refractivity contribution in [2.75, 3.05) is 0 Å². The fraction of sp³-hybridized carbons (Fsp3) is 0.538. The summed E-state index contributed by atoms with van der Waals surface area (Å²) in [5.74, 6) is 0. The highest BCUT2D eigenvalue weighted by Crippen LogP contribution is 2.24. The van der Waals surface area contributed by atoms with Crippen molar-refractivity contribution in [3.05, 3.63) is 39.4 Å². The number of nitro groups is 1. The molecule has 1 N–H and O–H groups in total. The van der Waals surface area contributed by atoms with Gasteiger partial charge in [0.1, 0.15) is 4.75 Å². The summed E-state index contributed by atoms with van der Waals surface area (Å²) < 4.78 is 14.6. The smallest absolute Gasteiger partial charge is 0.270 e. The molecule has 0 fully saturated rings. The Kier molecular flexibility index (Phi) is 4.95. The molecule has 19 heavy (non-hydrogen) atoms. The Labute approximate surface area is 116 Å². The van der Waals surface area contributed by atoms with E-state index >= 15 is 0 Å². The van der Waals surface area contributed by atoms with Gasteiger partial charge in [0.15, 0.2) is 0 Å². The van der Waals surface area contributed by atoms with Crippen LogP contribution in [0.5, 0.6) is 0 Å². The molecule has 0 heterocycles. The lowest BCUT2D eigenvalue weighted by molar-refractivity contribution is -0.385. The first-order chi connectivity index (χ1) is 8.61. The number of nitrogens with one attached hydrogen (secondary N) is 1. The summed E-state index contributed by atoms with van der Waals surface area (Å²) in [6, 6.07) is 4.70. The highest BCUT2D eigenvalue weighted by Gasteiger charge is 2.28. The predicted octanol–water partition coefficient (Wildman–Crippen LogP) is 3.02. The van der Waals surface area contributed by atoms with Crippen molar-refractivity contribution in [3.8, 4) is 0 Å². The second kappa shape index (κ2) is 5.90. The molecule has 0 radical (unpaired) electrons. The van der Waals surface area contributed by atoms with Gasteiger partial charge in [0.05, 0.1) is 11.0 Å². The van der Waals surface area contributed by atoms with Crippen LogP contribution in [0.15, 0.2) is 18.2 Å². The number of benzene rings is 1. The number of nitro benzene ring substituents is 1. The molecule has 2 atom stereocenters. The molecule has 0 saturated heterocycles. The van der Waals surface area contributed by atoms with Gasteiger partial charge in [-0.05, 0) is 45.7 Å². The Bertz CT molecular complexity index is 471. The van der Waals surface area contributed by atoms with Crippen molar-refractivity contribution in [2.45, 2.75) is 45.4 Å². The Morgan fingerprint density at radius 1 is 1.32 bits per heavy atom. The van der Waals surface area contributed by atoms with Crippen molar-refractivity contribution in [1.82, 2.24) is 4.72 Å². The maximum Gasteiger partial charge on any atom is 0.270 e. The van der Waals surface area contributed by atoms with Crippen molar-refractivity contribution < 1.29 is 9.48 Å². The number of hydrogen-bond donors (Lipinski definition) is 1. The minimum atomic E-state index is -1.21. The van der Waals surface area contributed by atoms with Crippen molar-refractivity contribution in [2.24, 2.45) is 0 Å². The molecule has 0 amide bonds. The fourth-order valence-electron chi connectivity index (χ4n) is 1.55. The zero-order valence-corrected chi connectivity index (χ0v) is 12.7. The third kappa shape index (κ3) is 4.49. The lowest BCUT2D eigenvalue weighted by Gasteiger charge is -2.26. The summed E-state index contributed by atoms with van der Waals surface area (Å²) in [5, 5.41) is 10.8. The van der Waals surface area contributed by atoms with Crippen molar-refractivity contribution >= 4 is 17.0 Å². The van der Waals surface area contributed by atoms with E-state index in [0.29, 0.717) is 0 Å². The van der Waals surface area contributed by atoms with Crippen molar-refractivity contribution in [3.63, 3.8) is 0 Å². The normalized spacial score (nSPS) is 15.1. The third-order valence-corrected chi connectivity index (χ3v) is 4.32. The molecule has 0 aliphatic heterocycles. The monoisotopic (exact) mass is 284 g/mol. The molecule has 1 rings (SSSR count). The number of non-ortho nitro benzene ring substituents is 1. The third-order valence-electron chi connectivity index (χ3n) is 2.64. The average molecular weight is 284 g/mol. The van der Waals surface area contributed by atoms with Crippen LogP contribution in [0.3, 0.4) is 0 Å². The highest BCUT2D eigenvalue weighted by molar-refractivity contribution is 7.90. The molecule has 0 bridgehead atoms. The molecular weight excluding hydrogens is 264 g/mol. The Balaban J connectivity index is 2.94. The Hall–Kier alpha value is -1.11. The zero-order valence-electron chi connectivity index (χ0n) is 11.9. The lowest BCUT2D eigenvalue weighted by Crippen LogP contribution is -2.40. The first-order valence-corrected chi connectivity index (χ1v) is 7.20. The Morgan fingerprint density at radius 2 is 1.89 bits per heavy atom. The Morgan fingerprint density at radius 3 is 2.37 bits per heavy atom. The van der Waals surface area contributed by atoms with Gasteiger partial charge >= 0.3 is 0 Å². The van der Waals surface area contributed by atoms with E-state index in [2.05, 4.69) is 4.72 Å². The zero-order chi connectivity index (χ0) is 14.8. The van der Waals surface area contributed by atoms with Gasteiger partial charge in [-0.15, -0.1) is 4.72 Å². The van der Waals surface area contributed by atoms with Gasteiger partial charge in [0, 0.05) is 23.5 Å². The van der Waals surface area contributed by atoms with Gasteiger partial charge in [-0.3, -0.25) is 10.1 Å². The van der Waals surface area contributed by atoms with Crippen LogP contribution >= 0.6 is 0 Å². The molecule has 5 nitrogen and oxygen atoms in total. The van der Waals surface area contributed by atoms with E-state index in [1.165, 1.54) is 12.1 Å². The van der Waals surface area contributed by atoms with Crippen LogP contribution in [-0.4, -0.2) is 14.2 Å². The maximum atomic E-state index is 12.0. The van der Waals surface area contributed by atoms with Crippen molar-refractivity contribution in [1.29, 1.82) is 0 Å². The second-order valence-electron chi connectivity index (χ2n) is 5.58. The summed E-state index contributed by atoms with van der Waals surface area (Å²) in [6.07, 6.45) is 0. The summed E-state index contributed by atoms with van der Waals surface area (Å²) in [4.78, 5) is 10.4. The molecular formula is C13H20N2O3S. The van der Waals surface area contributed by atoms with E-state index in [4.69, 9.17) is 0 Å². The van der Waals surface area contributed by atoms with Gasteiger partial charge in [0.25, 0.3) is 5.69 Å². The van der Waals surface area contributed by atoms with Crippen LogP contribution in [0.25, 0.3) is 0 Å². The van der Waals surface area contributed by atoms with Crippen LogP contribution < -0.4 is 4.72 Å². The number of nitrogens with zero attached hydrogens (tertiary/aromatic N) is 1. The van der Waals surface area contributed by atoms with Gasteiger partial charge in [0.2, 0.25) is 0 Å². The van der Waals surface area contributed by atoms with Gasteiger partial charge < -0.3 is 4.55 Å². The largest absolute Gasteiger partial charge is 0.598 e. The molecule has 0 spiro atoms. The molecule has 0 aliphatic carbocycles. The van der Waals surface area contributed by atoms with E-state index < -0.39 is 16.3 Å². The minimum absolute atomic E-state index is 0.0604. The molecule has 1 aromatic rings. The quantitative estimate of drug-likeness (QED) is 0.523. The summed E-state index contributed by atoms with van der Waals surface area (Å²) >= 11 is -1.21. The summed E-state index contributed by atoms with van der Waals surface area (Å²) in [6.45, 7) is 9.29. The minimum Gasteiger partial charge on any atom is -0.598 e. The van der Waals surface area contributed by atoms with Crippen LogP contribution in [0.1, 0.15) is 44.9 Å². The topological polar surface area (TPSA) is 78.2 Å². The summed E-state index contributed by atoms with van der Waals surface area (Å²) in [5.41, 5.74) is 1.65.